The van der Waals surface area contributed by atoms with Crippen LogP contribution < -0.4 is 4.72 Å². The first kappa shape index (κ1) is 15.9. The predicted molar refractivity (Wildman–Crippen MR) is 77.3 cm³/mol. The van der Waals surface area contributed by atoms with Crippen LogP contribution in [0.25, 0.3) is 0 Å². The van der Waals surface area contributed by atoms with Gasteiger partial charge in [0.05, 0.1) is 6.26 Å². The first-order valence-electron chi connectivity index (χ1n) is 7.07. The second kappa shape index (κ2) is 6.52. The lowest BCUT2D eigenvalue weighted by molar-refractivity contribution is 0.0691. The second-order valence-corrected chi connectivity index (χ2v) is 7.12. The Balaban J connectivity index is 2.01. The molecule has 1 amide bonds. The molecule has 2 N–H and O–H groups in total. The fraction of sp³-hybridized carbons (Fsp3) is 0.750. The fourth-order valence-corrected chi connectivity index (χ4v) is 3.24. The monoisotopic (exact) mass is 315 g/mol. The summed E-state index contributed by atoms with van der Waals surface area (Å²) in [6, 6.07) is -0.244. The van der Waals surface area contributed by atoms with E-state index >= 15 is 0 Å². The van der Waals surface area contributed by atoms with Crippen molar-refractivity contribution in [1.82, 2.24) is 24.8 Å². The molecule has 1 fully saturated rings. The number of H-pyrrole nitrogens is 1. The summed E-state index contributed by atoms with van der Waals surface area (Å²) in [5.74, 6) is 0.593. The summed E-state index contributed by atoms with van der Waals surface area (Å²) in [4.78, 5) is 18.1. The quantitative estimate of drug-likeness (QED) is 0.789. The standard InChI is InChI=1S/C12H21N5O3S/c1-3-5-10-13-11(15-14-10)12(18)17-7-4-6-9(8-17)16-21(2,19)20/h9,16H,3-8H2,1-2H3,(H,13,14,15). The molecule has 0 aliphatic carbocycles. The molecule has 118 valence electrons. The molecule has 1 saturated heterocycles. The number of aryl methyl sites for hydroxylation is 1. The van der Waals surface area contributed by atoms with Gasteiger partial charge in [-0.2, -0.15) is 0 Å². The average Bonchev–Trinajstić information content (AvgIpc) is 2.85. The van der Waals surface area contributed by atoms with Gasteiger partial charge in [-0.3, -0.25) is 9.89 Å². The molecule has 1 aliphatic heterocycles. The number of piperidine rings is 1. The predicted octanol–water partition coefficient (Wildman–Crippen LogP) is -0.0890. The van der Waals surface area contributed by atoms with Gasteiger partial charge in [-0.25, -0.2) is 18.1 Å². The van der Waals surface area contributed by atoms with Gasteiger partial charge < -0.3 is 4.90 Å². The van der Waals surface area contributed by atoms with Crippen LogP contribution in [0.15, 0.2) is 0 Å². The van der Waals surface area contributed by atoms with Crippen molar-refractivity contribution in [2.45, 2.75) is 38.6 Å². The van der Waals surface area contributed by atoms with Crippen LogP contribution in [-0.2, 0) is 16.4 Å². The zero-order valence-corrected chi connectivity index (χ0v) is 13.1. The number of hydrogen-bond acceptors (Lipinski definition) is 5. The number of nitrogens with zero attached hydrogens (tertiary/aromatic N) is 3. The number of aromatic nitrogens is 3. The minimum absolute atomic E-state index is 0.151. The summed E-state index contributed by atoms with van der Waals surface area (Å²) < 4.78 is 25.1. The van der Waals surface area contributed by atoms with Gasteiger partial charge in [0.15, 0.2) is 0 Å². The van der Waals surface area contributed by atoms with Crippen LogP contribution in [0.2, 0.25) is 0 Å². The van der Waals surface area contributed by atoms with Gasteiger partial charge in [0, 0.05) is 25.6 Å². The Morgan fingerprint density at radius 3 is 2.95 bits per heavy atom. The summed E-state index contributed by atoms with van der Waals surface area (Å²) >= 11 is 0. The lowest BCUT2D eigenvalue weighted by Gasteiger charge is -2.31. The van der Waals surface area contributed by atoms with Gasteiger partial charge in [-0.15, -0.1) is 5.10 Å². The Labute approximate surface area is 124 Å². The lowest BCUT2D eigenvalue weighted by atomic mass is 10.1. The number of nitrogens with one attached hydrogen (secondary N) is 2. The minimum Gasteiger partial charge on any atom is -0.334 e. The number of carbonyl (C=O) groups excluding carboxylic acids is 1. The molecule has 1 aromatic heterocycles. The van der Waals surface area contributed by atoms with E-state index in [1.54, 1.807) is 4.90 Å². The highest BCUT2D eigenvalue weighted by Crippen LogP contribution is 2.13. The van der Waals surface area contributed by atoms with Crippen molar-refractivity contribution in [3.63, 3.8) is 0 Å². The van der Waals surface area contributed by atoms with Crippen molar-refractivity contribution in [3.8, 4) is 0 Å². The largest absolute Gasteiger partial charge is 0.334 e. The fourth-order valence-electron chi connectivity index (χ4n) is 2.44. The third-order valence-electron chi connectivity index (χ3n) is 3.30. The first-order chi connectivity index (χ1) is 9.89. The Kier molecular flexibility index (Phi) is 4.94. The first-order valence-corrected chi connectivity index (χ1v) is 8.96. The summed E-state index contributed by atoms with van der Waals surface area (Å²) in [7, 11) is -3.27. The summed E-state index contributed by atoms with van der Waals surface area (Å²) in [6.07, 6.45) is 4.28. The van der Waals surface area contributed by atoms with Crippen molar-refractivity contribution in [1.29, 1.82) is 0 Å². The number of amides is 1. The molecule has 0 radical (unpaired) electrons. The smallest absolute Gasteiger partial charge is 0.293 e. The highest BCUT2D eigenvalue weighted by Gasteiger charge is 2.28. The topological polar surface area (TPSA) is 108 Å². The number of rotatable bonds is 5. The molecule has 2 heterocycles. The molecule has 8 nitrogen and oxygen atoms in total. The summed E-state index contributed by atoms with van der Waals surface area (Å²) in [5, 5.41) is 6.70. The number of hydrogen-bond donors (Lipinski definition) is 2. The van der Waals surface area contributed by atoms with E-state index in [9.17, 15) is 13.2 Å². The number of sulfonamides is 1. The lowest BCUT2D eigenvalue weighted by Crippen LogP contribution is -2.49. The van der Waals surface area contributed by atoms with Gasteiger partial charge >= 0.3 is 0 Å². The normalized spacial score (nSPS) is 19.7. The maximum absolute atomic E-state index is 12.3. The summed E-state index contributed by atoms with van der Waals surface area (Å²) in [5.41, 5.74) is 0. The van der Waals surface area contributed by atoms with E-state index in [1.165, 1.54) is 0 Å². The Hall–Kier alpha value is -1.48. The maximum Gasteiger partial charge on any atom is 0.293 e. The Bertz CT molecular complexity index is 598. The van der Waals surface area contributed by atoms with Crippen molar-refractivity contribution in [2.24, 2.45) is 0 Å². The van der Waals surface area contributed by atoms with Crippen molar-refractivity contribution in [2.75, 3.05) is 19.3 Å². The van der Waals surface area contributed by atoms with Gasteiger partial charge in [-0.05, 0) is 19.3 Å². The van der Waals surface area contributed by atoms with E-state index < -0.39 is 10.0 Å². The molecule has 2 rings (SSSR count). The summed E-state index contributed by atoms with van der Waals surface area (Å²) in [6.45, 7) is 2.97. The van der Waals surface area contributed by atoms with Crippen molar-refractivity contribution >= 4 is 15.9 Å². The molecule has 1 unspecified atom stereocenters. The molecule has 0 bridgehead atoms. The van der Waals surface area contributed by atoms with Crippen LogP contribution in [0.4, 0.5) is 0 Å². The van der Waals surface area contributed by atoms with Crippen LogP contribution in [-0.4, -0.2) is 59.8 Å². The molecule has 21 heavy (non-hydrogen) atoms. The number of aromatic amines is 1. The van der Waals surface area contributed by atoms with Gasteiger partial charge in [0.1, 0.15) is 5.82 Å². The van der Waals surface area contributed by atoms with Crippen LogP contribution in [0.3, 0.4) is 0 Å². The van der Waals surface area contributed by atoms with E-state index in [0.29, 0.717) is 18.9 Å². The van der Waals surface area contributed by atoms with Crippen LogP contribution in [0.5, 0.6) is 0 Å². The Morgan fingerprint density at radius 1 is 1.52 bits per heavy atom. The van der Waals surface area contributed by atoms with Gasteiger partial charge in [0.25, 0.3) is 5.91 Å². The van der Waals surface area contributed by atoms with E-state index in [1.807, 2.05) is 6.92 Å². The van der Waals surface area contributed by atoms with E-state index in [4.69, 9.17) is 0 Å². The molecular weight excluding hydrogens is 294 g/mol. The molecular formula is C12H21N5O3S. The third kappa shape index (κ3) is 4.50. The molecule has 1 aromatic rings. The molecule has 1 aliphatic rings. The SMILES string of the molecule is CCCc1nc(C(=O)N2CCCC(NS(C)(=O)=O)C2)n[nH]1. The maximum atomic E-state index is 12.3. The van der Waals surface area contributed by atoms with Crippen molar-refractivity contribution < 1.29 is 13.2 Å². The zero-order valence-electron chi connectivity index (χ0n) is 12.3. The van der Waals surface area contributed by atoms with E-state index in [0.717, 1.165) is 31.9 Å². The Morgan fingerprint density at radius 2 is 2.29 bits per heavy atom. The van der Waals surface area contributed by atoms with Crippen LogP contribution >= 0.6 is 0 Å². The highest BCUT2D eigenvalue weighted by atomic mass is 32.2. The van der Waals surface area contributed by atoms with Gasteiger partial charge in [-0.1, -0.05) is 6.92 Å². The van der Waals surface area contributed by atoms with E-state index in [2.05, 4.69) is 19.9 Å². The number of carbonyl (C=O) groups is 1. The third-order valence-corrected chi connectivity index (χ3v) is 4.06. The second-order valence-electron chi connectivity index (χ2n) is 5.34. The van der Waals surface area contributed by atoms with E-state index in [-0.39, 0.29) is 17.8 Å². The van der Waals surface area contributed by atoms with Crippen LogP contribution in [0.1, 0.15) is 42.6 Å². The number of likely N-dealkylation sites (tertiary alicyclic amines) is 1. The highest BCUT2D eigenvalue weighted by molar-refractivity contribution is 7.88. The molecule has 1 atom stereocenters. The average molecular weight is 315 g/mol. The van der Waals surface area contributed by atoms with Gasteiger partial charge in [0.2, 0.25) is 15.8 Å². The van der Waals surface area contributed by atoms with Crippen molar-refractivity contribution in [3.05, 3.63) is 11.6 Å². The van der Waals surface area contributed by atoms with Crippen LogP contribution in [0, 0.1) is 0 Å². The molecule has 0 saturated carbocycles. The molecule has 0 aromatic carbocycles. The minimum atomic E-state index is -3.27. The molecule has 0 spiro atoms. The zero-order chi connectivity index (χ0) is 15.5. The molecule has 9 heteroatoms.